The molecular formula is C44H51Cl2N7O6S. The molecule has 318 valence electrons. The zero-order valence-corrected chi connectivity index (χ0v) is 36.4. The standard InChI is InChI=1S/C44H51Cl2N7O6S/c1-44(2)17-14-30(37(27-44)29-4-6-31(45)7-5-29)28-51-20-22-52(23-21-51)33-8-11-36(42(24-33)59-34-9-12-39(47)38(46)25-34)43(54)49-60(57,58)35-10-13-40(41(26-35)53(55)56)48-32-15-18-50(3)19-16-32/h4-13,24-26,32,48H,14-23,27-28,47H2,1-3H3,(H,49,54). The molecule has 2 heterocycles. The molecule has 0 spiro atoms. The number of nitro benzene ring substituents is 1. The fraction of sp³-hybridized carbons (Fsp3) is 0.386. The van der Waals surface area contributed by atoms with Crippen LogP contribution in [0.1, 0.15) is 61.9 Å². The number of allylic oxidation sites excluding steroid dienone is 1. The number of nitrogen functional groups attached to an aromatic ring is 1. The number of likely N-dealkylation sites (tertiary alicyclic amines) is 1. The summed E-state index contributed by atoms with van der Waals surface area (Å²) >= 11 is 12.5. The highest BCUT2D eigenvalue weighted by Crippen LogP contribution is 2.43. The Morgan fingerprint density at radius 2 is 1.67 bits per heavy atom. The number of ether oxygens (including phenoxy) is 1. The van der Waals surface area contributed by atoms with E-state index in [1.807, 2.05) is 19.2 Å². The summed E-state index contributed by atoms with van der Waals surface area (Å²) < 4.78 is 35.6. The summed E-state index contributed by atoms with van der Waals surface area (Å²) in [7, 11) is -2.54. The number of carbonyl (C=O) groups is 1. The molecule has 2 saturated heterocycles. The fourth-order valence-electron chi connectivity index (χ4n) is 8.14. The Bertz CT molecular complexity index is 2390. The lowest BCUT2D eigenvalue weighted by Crippen LogP contribution is -2.47. The van der Waals surface area contributed by atoms with Crippen LogP contribution < -0.4 is 25.4 Å². The molecule has 1 aliphatic carbocycles. The van der Waals surface area contributed by atoms with Crippen LogP contribution in [0.15, 0.2) is 89.3 Å². The zero-order chi connectivity index (χ0) is 42.8. The number of carbonyl (C=O) groups excluding carboxylic acids is 1. The molecular weight excluding hydrogens is 825 g/mol. The number of amides is 1. The number of piperazine rings is 1. The first kappa shape index (κ1) is 43.2. The number of rotatable bonds is 12. The van der Waals surface area contributed by atoms with Gasteiger partial charge in [-0.25, -0.2) is 13.1 Å². The monoisotopic (exact) mass is 875 g/mol. The van der Waals surface area contributed by atoms with E-state index >= 15 is 0 Å². The van der Waals surface area contributed by atoms with Crippen LogP contribution in [0.5, 0.6) is 11.5 Å². The van der Waals surface area contributed by atoms with Gasteiger partial charge in [0.15, 0.2) is 0 Å². The summed E-state index contributed by atoms with van der Waals surface area (Å²) in [4.78, 5) is 31.7. The number of hydrogen-bond acceptors (Lipinski definition) is 11. The molecule has 0 unspecified atom stereocenters. The predicted octanol–water partition coefficient (Wildman–Crippen LogP) is 8.69. The van der Waals surface area contributed by atoms with Crippen LogP contribution in [-0.2, 0) is 10.0 Å². The lowest BCUT2D eigenvalue weighted by atomic mass is 9.72. The number of hydrogen-bond donors (Lipinski definition) is 3. The quantitative estimate of drug-likeness (QED) is 0.0709. The number of halogens is 2. The minimum absolute atomic E-state index is 0.00395. The van der Waals surface area contributed by atoms with Crippen LogP contribution in [0.25, 0.3) is 5.57 Å². The number of nitro groups is 1. The van der Waals surface area contributed by atoms with E-state index in [4.69, 9.17) is 33.7 Å². The van der Waals surface area contributed by atoms with E-state index in [0.29, 0.717) is 18.8 Å². The molecule has 0 bridgehead atoms. The van der Waals surface area contributed by atoms with Gasteiger partial charge in [-0.1, -0.05) is 54.8 Å². The lowest BCUT2D eigenvalue weighted by Gasteiger charge is -2.39. The van der Waals surface area contributed by atoms with Crippen LogP contribution >= 0.6 is 23.2 Å². The molecule has 2 fully saturated rings. The van der Waals surface area contributed by atoms with Crippen molar-refractivity contribution in [1.82, 2.24) is 14.5 Å². The number of nitrogens with two attached hydrogens (primary N) is 1. The molecule has 13 nitrogen and oxygen atoms in total. The highest BCUT2D eigenvalue weighted by molar-refractivity contribution is 7.90. The zero-order valence-electron chi connectivity index (χ0n) is 34.0. The predicted molar refractivity (Wildman–Crippen MR) is 239 cm³/mol. The Morgan fingerprint density at radius 3 is 2.35 bits per heavy atom. The highest BCUT2D eigenvalue weighted by Gasteiger charge is 2.31. The average molecular weight is 877 g/mol. The van der Waals surface area contributed by atoms with E-state index < -0.39 is 31.4 Å². The van der Waals surface area contributed by atoms with E-state index in [1.165, 1.54) is 41.0 Å². The average Bonchev–Trinajstić information content (AvgIpc) is 3.21. The van der Waals surface area contributed by atoms with E-state index in [0.717, 1.165) is 81.6 Å². The molecule has 2 aliphatic heterocycles. The smallest absolute Gasteiger partial charge is 0.293 e. The second kappa shape index (κ2) is 18.0. The van der Waals surface area contributed by atoms with Crippen molar-refractivity contribution in [2.45, 2.75) is 56.9 Å². The van der Waals surface area contributed by atoms with Crippen molar-refractivity contribution in [2.24, 2.45) is 5.41 Å². The van der Waals surface area contributed by atoms with Crippen molar-refractivity contribution in [3.8, 4) is 11.5 Å². The van der Waals surface area contributed by atoms with Crippen molar-refractivity contribution in [1.29, 1.82) is 0 Å². The maximum Gasteiger partial charge on any atom is 0.293 e. The van der Waals surface area contributed by atoms with Crippen LogP contribution in [0.2, 0.25) is 10.0 Å². The SMILES string of the molecule is CN1CCC(Nc2ccc(S(=O)(=O)NC(=O)c3ccc(N4CCN(CC5=C(c6ccc(Cl)cc6)CC(C)(C)CC5)CC4)cc3Oc3ccc(N)c(Cl)c3)cc2[N+](=O)[O-])CC1. The minimum Gasteiger partial charge on any atom is -0.456 e. The summed E-state index contributed by atoms with van der Waals surface area (Å²) in [5, 5.41) is 16.3. The number of benzene rings is 4. The molecule has 0 aromatic heterocycles. The van der Waals surface area contributed by atoms with Crippen LogP contribution in [0.3, 0.4) is 0 Å². The number of nitrogens with one attached hydrogen (secondary N) is 2. The van der Waals surface area contributed by atoms with Crippen LogP contribution in [0.4, 0.5) is 22.7 Å². The van der Waals surface area contributed by atoms with E-state index in [2.05, 4.69) is 50.7 Å². The summed E-state index contributed by atoms with van der Waals surface area (Å²) in [6.45, 7) is 10.2. The van der Waals surface area contributed by atoms with Gasteiger partial charge in [0.2, 0.25) is 0 Å². The molecule has 7 rings (SSSR count). The van der Waals surface area contributed by atoms with E-state index in [-0.39, 0.29) is 39.2 Å². The maximum atomic E-state index is 13.8. The molecule has 4 N–H and O–H groups in total. The van der Waals surface area contributed by atoms with Crippen molar-refractivity contribution in [3.63, 3.8) is 0 Å². The van der Waals surface area contributed by atoms with Gasteiger partial charge in [-0.3, -0.25) is 19.8 Å². The number of piperidine rings is 1. The second-order valence-electron chi connectivity index (χ2n) is 16.8. The summed E-state index contributed by atoms with van der Waals surface area (Å²) in [5.41, 5.74) is 11.1. The molecule has 0 atom stereocenters. The summed E-state index contributed by atoms with van der Waals surface area (Å²) in [6, 6.07) is 21.4. The molecule has 0 radical (unpaired) electrons. The molecule has 4 aromatic rings. The van der Waals surface area contributed by atoms with E-state index in [1.54, 1.807) is 24.3 Å². The largest absolute Gasteiger partial charge is 0.456 e. The van der Waals surface area contributed by atoms with Gasteiger partial charge in [-0.2, -0.15) is 0 Å². The topological polar surface area (TPSA) is 163 Å². The van der Waals surface area contributed by atoms with Gasteiger partial charge in [-0.15, -0.1) is 0 Å². The van der Waals surface area contributed by atoms with Crippen molar-refractivity contribution in [3.05, 3.63) is 116 Å². The van der Waals surface area contributed by atoms with Gasteiger partial charge in [-0.05, 0) is 117 Å². The van der Waals surface area contributed by atoms with Gasteiger partial charge in [0.1, 0.15) is 17.2 Å². The molecule has 16 heteroatoms. The molecule has 3 aliphatic rings. The Hall–Kier alpha value is -4.86. The Labute approximate surface area is 361 Å². The third-order valence-corrected chi connectivity index (χ3v) is 13.6. The van der Waals surface area contributed by atoms with E-state index in [9.17, 15) is 23.3 Å². The maximum absolute atomic E-state index is 13.8. The van der Waals surface area contributed by atoms with Gasteiger partial charge in [0.25, 0.3) is 21.6 Å². The third-order valence-electron chi connectivity index (χ3n) is 11.7. The molecule has 4 aromatic carbocycles. The normalized spacial score (nSPS) is 18.0. The summed E-state index contributed by atoms with van der Waals surface area (Å²) in [6.07, 6.45) is 4.75. The Morgan fingerprint density at radius 1 is 0.950 bits per heavy atom. The third kappa shape index (κ3) is 10.4. The number of anilines is 3. The molecule has 60 heavy (non-hydrogen) atoms. The second-order valence-corrected chi connectivity index (χ2v) is 19.3. The minimum atomic E-state index is -4.56. The van der Waals surface area contributed by atoms with Gasteiger partial charge in [0, 0.05) is 67.7 Å². The van der Waals surface area contributed by atoms with Crippen LogP contribution in [0, 0.1) is 15.5 Å². The van der Waals surface area contributed by atoms with Crippen molar-refractivity contribution in [2.75, 3.05) is 68.8 Å². The first-order chi connectivity index (χ1) is 28.5. The number of sulfonamides is 1. The van der Waals surface area contributed by atoms with Gasteiger partial charge >= 0.3 is 0 Å². The lowest BCUT2D eigenvalue weighted by molar-refractivity contribution is -0.384. The summed E-state index contributed by atoms with van der Waals surface area (Å²) in [5.74, 6) is -0.592. The number of nitrogens with zero attached hydrogens (tertiary/aromatic N) is 4. The first-order valence-electron chi connectivity index (χ1n) is 20.2. The molecule has 0 saturated carbocycles. The van der Waals surface area contributed by atoms with Gasteiger partial charge in [0.05, 0.1) is 26.1 Å². The van der Waals surface area contributed by atoms with Crippen molar-refractivity contribution < 1.29 is 22.9 Å². The Kier molecular flexibility index (Phi) is 13.0. The Balaban J connectivity index is 1.09. The molecule has 1 amide bonds. The highest BCUT2D eigenvalue weighted by atomic mass is 35.5. The van der Waals surface area contributed by atoms with Gasteiger partial charge < -0.3 is 25.6 Å². The van der Waals surface area contributed by atoms with Crippen molar-refractivity contribution >= 4 is 67.5 Å². The fourth-order valence-corrected chi connectivity index (χ4v) is 9.42. The first-order valence-corrected chi connectivity index (χ1v) is 22.4. The van der Waals surface area contributed by atoms with Crippen LogP contribution in [-0.4, -0.2) is 88.0 Å².